The Morgan fingerprint density at radius 2 is 1.95 bits per heavy atom. The van der Waals surface area contributed by atoms with Gasteiger partial charge in [-0.15, -0.1) is 0 Å². The van der Waals surface area contributed by atoms with Gasteiger partial charge in [0.1, 0.15) is 0 Å². The second kappa shape index (κ2) is 7.07. The highest BCUT2D eigenvalue weighted by Crippen LogP contribution is 2.31. The van der Waals surface area contributed by atoms with Crippen LogP contribution in [0, 0.1) is 17.8 Å². The number of piperidine rings is 1. The van der Waals surface area contributed by atoms with Crippen molar-refractivity contribution in [3.05, 3.63) is 0 Å². The highest BCUT2D eigenvalue weighted by molar-refractivity contribution is 5.80. The Labute approximate surface area is 120 Å². The van der Waals surface area contributed by atoms with E-state index < -0.39 is 5.97 Å². The first-order chi connectivity index (χ1) is 9.61. The van der Waals surface area contributed by atoms with Gasteiger partial charge in [-0.2, -0.15) is 0 Å². The maximum atomic E-state index is 12.6. The smallest absolute Gasteiger partial charge is 0.306 e. The summed E-state index contributed by atoms with van der Waals surface area (Å²) in [7, 11) is 1.69. The molecule has 1 N–H and O–H groups in total. The van der Waals surface area contributed by atoms with Crippen LogP contribution in [0.3, 0.4) is 0 Å². The zero-order valence-corrected chi connectivity index (χ0v) is 12.2. The fourth-order valence-electron chi connectivity index (χ4n) is 3.53. The molecule has 0 aromatic carbocycles. The number of carbonyl (C=O) groups excluding carboxylic acids is 1. The molecule has 1 heterocycles. The summed E-state index contributed by atoms with van der Waals surface area (Å²) in [5.74, 6) is -0.588. The third-order valence-electron chi connectivity index (χ3n) is 4.61. The second-order valence-corrected chi connectivity index (χ2v) is 6.15. The van der Waals surface area contributed by atoms with E-state index in [0.29, 0.717) is 25.4 Å². The molecular weight excluding hydrogens is 258 g/mol. The van der Waals surface area contributed by atoms with E-state index in [2.05, 4.69) is 0 Å². The fraction of sp³-hybridized carbons (Fsp3) is 0.867. The Morgan fingerprint density at radius 1 is 1.20 bits per heavy atom. The molecule has 2 rings (SSSR count). The van der Waals surface area contributed by atoms with Crippen molar-refractivity contribution in [1.29, 1.82) is 0 Å². The number of aliphatic carboxylic acids is 1. The molecule has 1 aliphatic heterocycles. The summed E-state index contributed by atoms with van der Waals surface area (Å²) < 4.78 is 5.19. The molecule has 20 heavy (non-hydrogen) atoms. The van der Waals surface area contributed by atoms with Crippen LogP contribution in [-0.4, -0.2) is 48.7 Å². The summed E-state index contributed by atoms with van der Waals surface area (Å²) in [6.45, 7) is 2.28. The molecular formula is C15H25NO4. The third kappa shape index (κ3) is 3.72. The van der Waals surface area contributed by atoms with E-state index in [1.807, 2.05) is 4.90 Å². The number of likely N-dealkylation sites (tertiary alicyclic amines) is 1. The summed E-state index contributed by atoms with van der Waals surface area (Å²) in [6.07, 6.45) is 5.05. The fourth-order valence-corrected chi connectivity index (χ4v) is 3.53. The number of methoxy groups -OCH3 is 1. The van der Waals surface area contributed by atoms with E-state index in [1.54, 1.807) is 7.11 Å². The Hall–Kier alpha value is -1.10. The van der Waals surface area contributed by atoms with Crippen LogP contribution in [0.2, 0.25) is 0 Å². The SMILES string of the molecule is COCC1CCCN(C(=O)C2CCCC(C(=O)O)C2)C1. The van der Waals surface area contributed by atoms with Crippen molar-refractivity contribution < 1.29 is 19.4 Å². The van der Waals surface area contributed by atoms with Crippen LogP contribution in [0.4, 0.5) is 0 Å². The van der Waals surface area contributed by atoms with Gasteiger partial charge in [-0.3, -0.25) is 9.59 Å². The summed E-state index contributed by atoms with van der Waals surface area (Å²) >= 11 is 0. The number of rotatable bonds is 4. The average Bonchev–Trinajstić information content (AvgIpc) is 2.47. The Bertz CT molecular complexity index is 356. The van der Waals surface area contributed by atoms with Gasteiger partial charge in [0, 0.05) is 26.1 Å². The van der Waals surface area contributed by atoms with Gasteiger partial charge < -0.3 is 14.7 Å². The maximum Gasteiger partial charge on any atom is 0.306 e. The van der Waals surface area contributed by atoms with Crippen molar-refractivity contribution in [2.75, 3.05) is 26.8 Å². The van der Waals surface area contributed by atoms with Gasteiger partial charge in [-0.05, 0) is 38.0 Å². The number of hydrogen-bond donors (Lipinski definition) is 1. The van der Waals surface area contributed by atoms with Gasteiger partial charge in [0.15, 0.2) is 0 Å². The third-order valence-corrected chi connectivity index (χ3v) is 4.61. The standard InChI is InChI=1S/C15H25NO4/c1-20-10-11-4-3-7-16(9-11)14(17)12-5-2-6-13(8-12)15(18)19/h11-13H,2-10H2,1H3,(H,18,19). The minimum absolute atomic E-state index is 0.0915. The van der Waals surface area contributed by atoms with Gasteiger partial charge in [0.25, 0.3) is 0 Å². The van der Waals surface area contributed by atoms with E-state index >= 15 is 0 Å². The molecule has 1 amide bonds. The molecule has 1 saturated carbocycles. The zero-order chi connectivity index (χ0) is 14.5. The van der Waals surface area contributed by atoms with Crippen LogP contribution >= 0.6 is 0 Å². The lowest BCUT2D eigenvalue weighted by molar-refractivity contribution is -0.146. The summed E-state index contributed by atoms with van der Waals surface area (Å²) in [5.41, 5.74) is 0. The molecule has 114 valence electrons. The molecule has 3 unspecified atom stereocenters. The number of nitrogens with zero attached hydrogens (tertiary/aromatic N) is 1. The van der Waals surface area contributed by atoms with Gasteiger partial charge in [-0.25, -0.2) is 0 Å². The van der Waals surface area contributed by atoms with Gasteiger partial charge in [-0.1, -0.05) is 6.42 Å². The molecule has 1 aliphatic carbocycles. The lowest BCUT2D eigenvalue weighted by atomic mass is 9.80. The van der Waals surface area contributed by atoms with E-state index in [4.69, 9.17) is 9.84 Å². The number of carboxylic acid groups (broad SMARTS) is 1. The van der Waals surface area contributed by atoms with Crippen LogP contribution < -0.4 is 0 Å². The van der Waals surface area contributed by atoms with Crippen LogP contribution in [0.1, 0.15) is 38.5 Å². The molecule has 0 aromatic heterocycles. The van der Waals surface area contributed by atoms with Crippen molar-refractivity contribution >= 4 is 11.9 Å². The van der Waals surface area contributed by atoms with E-state index in [-0.39, 0.29) is 17.7 Å². The van der Waals surface area contributed by atoms with Crippen LogP contribution in [0.5, 0.6) is 0 Å². The quantitative estimate of drug-likeness (QED) is 0.853. The monoisotopic (exact) mass is 283 g/mol. The molecule has 5 nitrogen and oxygen atoms in total. The predicted molar refractivity (Wildman–Crippen MR) is 74.3 cm³/mol. The highest BCUT2D eigenvalue weighted by Gasteiger charge is 2.34. The molecule has 2 fully saturated rings. The lowest BCUT2D eigenvalue weighted by Gasteiger charge is -2.36. The Kier molecular flexibility index (Phi) is 5.40. The summed E-state index contributed by atoms with van der Waals surface area (Å²) in [6, 6.07) is 0. The zero-order valence-electron chi connectivity index (χ0n) is 12.2. The molecule has 5 heteroatoms. The Balaban J connectivity index is 1.91. The normalized spacial score (nSPS) is 31.1. The average molecular weight is 283 g/mol. The number of hydrogen-bond acceptors (Lipinski definition) is 3. The maximum absolute atomic E-state index is 12.6. The van der Waals surface area contributed by atoms with E-state index in [0.717, 1.165) is 38.8 Å². The Morgan fingerprint density at radius 3 is 2.65 bits per heavy atom. The van der Waals surface area contributed by atoms with Crippen molar-refractivity contribution in [2.45, 2.75) is 38.5 Å². The van der Waals surface area contributed by atoms with Gasteiger partial charge in [0.2, 0.25) is 5.91 Å². The first-order valence-corrected chi connectivity index (χ1v) is 7.62. The summed E-state index contributed by atoms with van der Waals surface area (Å²) in [4.78, 5) is 25.6. The molecule has 0 spiro atoms. The van der Waals surface area contributed by atoms with Crippen molar-refractivity contribution in [3.63, 3.8) is 0 Å². The van der Waals surface area contributed by atoms with Crippen LogP contribution in [-0.2, 0) is 14.3 Å². The van der Waals surface area contributed by atoms with Gasteiger partial charge >= 0.3 is 5.97 Å². The number of ether oxygens (including phenoxy) is 1. The molecule has 0 bridgehead atoms. The van der Waals surface area contributed by atoms with E-state index in [1.165, 1.54) is 0 Å². The number of carboxylic acids is 1. The van der Waals surface area contributed by atoms with Crippen molar-refractivity contribution in [2.24, 2.45) is 17.8 Å². The molecule has 3 atom stereocenters. The van der Waals surface area contributed by atoms with Crippen LogP contribution in [0.25, 0.3) is 0 Å². The summed E-state index contributed by atoms with van der Waals surface area (Å²) in [5, 5.41) is 9.12. The molecule has 0 aromatic rings. The first-order valence-electron chi connectivity index (χ1n) is 7.62. The largest absolute Gasteiger partial charge is 0.481 e. The molecule has 1 saturated heterocycles. The highest BCUT2D eigenvalue weighted by atomic mass is 16.5. The second-order valence-electron chi connectivity index (χ2n) is 6.15. The predicted octanol–water partition coefficient (Wildman–Crippen LogP) is 1.76. The van der Waals surface area contributed by atoms with Gasteiger partial charge in [0.05, 0.1) is 12.5 Å². The van der Waals surface area contributed by atoms with Crippen LogP contribution in [0.15, 0.2) is 0 Å². The first kappa shape index (κ1) is 15.3. The number of amides is 1. The molecule has 2 aliphatic rings. The number of carbonyl (C=O) groups is 2. The van der Waals surface area contributed by atoms with Crippen molar-refractivity contribution in [3.8, 4) is 0 Å². The lowest BCUT2D eigenvalue weighted by Crippen LogP contribution is -2.45. The topological polar surface area (TPSA) is 66.8 Å². The minimum Gasteiger partial charge on any atom is -0.481 e. The van der Waals surface area contributed by atoms with Crippen molar-refractivity contribution in [1.82, 2.24) is 4.90 Å². The minimum atomic E-state index is -0.751. The van der Waals surface area contributed by atoms with E-state index in [9.17, 15) is 9.59 Å². The molecule has 0 radical (unpaired) electrons.